The third-order valence-electron chi connectivity index (χ3n) is 4.76. The number of nitrogens with zero attached hydrogens (tertiary/aromatic N) is 3. The van der Waals surface area contributed by atoms with Gasteiger partial charge in [-0.3, -0.25) is 9.36 Å². The molecule has 0 spiro atoms. The highest BCUT2D eigenvalue weighted by atomic mass is 35.5. The molecular formula is C21H18ClN3O4. The fraction of sp³-hybridized carbons (Fsp3) is 0.190. The summed E-state index contributed by atoms with van der Waals surface area (Å²) in [5.74, 6) is 1.34. The van der Waals surface area contributed by atoms with Gasteiger partial charge in [0.05, 0.1) is 37.6 Å². The van der Waals surface area contributed by atoms with Gasteiger partial charge >= 0.3 is 0 Å². The number of carbonyl (C=O) groups is 1. The number of ether oxygens (including phenoxy) is 3. The molecule has 0 aliphatic rings. The van der Waals surface area contributed by atoms with Gasteiger partial charge in [-0.15, -0.1) is 10.2 Å². The van der Waals surface area contributed by atoms with Crippen molar-refractivity contribution >= 4 is 39.4 Å². The van der Waals surface area contributed by atoms with Crippen LogP contribution in [-0.4, -0.2) is 42.0 Å². The zero-order valence-electron chi connectivity index (χ0n) is 16.3. The van der Waals surface area contributed by atoms with Crippen molar-refractivity contribution in [2.75, 3.05) is 21.3 Å². The Morgan fingerprint density at radius 2 is 1.69 bits per heavy atom. The van der Waals surface area contributed by atoms with E-state index < -0.39 is 0 Å². The summed E-state index contributed by atoms with van der Waals surface area (Å²) in [7, 11) is 4.65. The monoisotopic (exact) mass is 411 g/mol. The number of benzene rings is 2. The van der Waals surface area contributed by atoms with Gasteiger partial charge in [0.25, 0.3) is 0 Å². The van der Waals surface area contributed by atoms with E-state index in [4.69, 9.17) is 25.8 Å². The number of rotatable bonds is 4. The summed E-state index contributed by atoms with van der Waals surface area (Å²) < 4.78 is 17.8. The zero-order chi connectivity index (χ0) is 20.7. The third-order valence-corrected chi connectivity index (χ3v) is 5.08. The summed E-state index contributed by atoms with van der Waals surface area (Å²) >= 11 is 6.46. The minimum atomic E-state index is -0.165. The Bertz CT molecular complexity index is 1240. The summed E-state index contributed by atoms with van der Waals surface area (Å²) in [4.78, 5) is 12.2. The second-order valence-corrected chi connectivity index (χ2v) is 6.78. The third kappa shape index (κ3) is 2.94. The molecular weight excluding hydrogens is 394 g/mol. The van der Waals surface area contributed by atoms with Crippen LogP contribution >= 0.6 is 11.6 Å². The molecule has 0 aliphatic heterocycles. The lowest BCUT2D eigenvalue weighted by Crippen LogP contribution is -2.06. The summed E-state index contributed by atoms with van der Waals surface area (Å²) in [6.45, 7) is 1.48. The van der Waals surface area contributed by atoms with Gasteiger partial charge in [0, 0.05) is 23.3 Å². The largest absolute Gasteiger partial charge is 0.493 e. The smallest absolute Gasteiger partial charge is 0.229 e. The molecule has 0 fully saturated rings. The van der Waals surface area contributed by atoms with Gasteiger partial charge in [0.15, 0.2) is 17.1 Å². The average molecular weight is 412 g/mol. The lowest BCUT2D eigenvalue weighted by atomic mass is 10.1. The number of carbonyl (C=O) groups excluding carboxylic acids is 1. The molecule has 4 aromatic rings. The highest BCUT2D eigenvalue weighted by Crippen LogP contribution is 2.41. The SMILES string of the molecule is COc1cc(-c2cc3c4c(Cl)cccc4n(C(C)=O)c3nn2)cc(OC)c1OC. The Labute approximate surface area is 171 Å². The summed E-state index contributed by atoms with van der Waals surface area (Å²) in [5.41, 5.74) is 2.46. The van der Waals surface area contributed by atoms with Crippen LogP contribution in [0.5, 0.6) is 17.2 Å². The molecule has 0 N–H and O–H groups in total. The highest BCUT2D eigenvalue weighted by molar-refractivity contribution is 6.38. The Kier molecular flexibility index (Phi) is 4.76. The number of fused-ring (bicyclic) bond motifs is 3. The van der Waals surface area contributed by atoms with Crippen molar-refractivity contribution in [1.82, 2.24) is 14.8 Å². The molecule has 0 bridgehead atoms. The molecule has 0 saturated heterocycles. The van der Waals surface area contributed by atoms with Crippen LogP contribution in [-0.2, 0) is 0 Å². The zero-order valence-corrected chi connectivity index (χ0v) is 17.1. The Balaban J connectivity index is 2.02. The van der Waals surface area contributed by atoms with Crippen LogP contribution in [0.4, 0.5) is 0 Å². The van der Waals surface area contributed by atoms with Gasteiger partial charge in [0.2, 0.25) is 11.7 Å². The van der Waals surface area contributed by atoms with Crippen LogP contribution < -0.4 is 14.2 Å². The molecule has 0 aliphatic carbocycles. The van der Waals surface area contributed by atoms with Gasteiger partial charge in [-0.2, -0.15) is 0 Å². The van der Waals surface area contributed by atoms with Crippen LogP contribution in [0.2, 0.25) is 5.02 Å². The number of halogens is 1. The van der Waals surface area contributed by atoms with E-state index in [0.717, 1.165) is 16.3 Å². The average Bonchev–Trinajstić information content (AvgIpc) is 3.07. The Morgan fingerprint density at radius 1 is 1.00 bits per heavy atom. The minimum Gasteiger partial charge on any atom is -0.493 e. The van der Waals surface area contributed by atoms with E-state index in [1.54, 1.807) is 45.6 Å². The molecule has 0 unspecified atom stereocenters. The van der Waals surface area contributed by atoms with E-state index in [9.17, 15) is 4.79 Å². The van der Waals surface area contributed by atoms with Crippen LogP contribution in [0.15, 0.2) is 36.4 Å². The molecule has 2 heterocycles. The quantitative estimate of drug-likeness (QED) is 0.489. The second kappa shape index (κ2) is 7.25. The molecule has 2 aromatic carbocycles. The van der Waals surface area contributed by atoms with Crippen molar-refractivity contribution in [2.45, 2.75) is 6.92 Å². The van der Waals surface area contributed by atoms with Crippen LogP contribution in [0.3, 0.4) is 0 Å². The normalized spacial score (nSPS) is 11.1. The molecule has 7 nitrogen and oxygen atoms in total. The van der Waals surface area contributed by atoms with Crippen molar-refractivity contribution in [1.29, 1.82) is 0 Å². The molecule has 4 rings (SSSR count). The summed E-state index contributed by atoms with van der Waals surface area (Å²) in [6, 6.07) is 10.9. The maximum Gasteiger partial charge on any atom is 0.229 e. The summed E-state index contributed by atoms with van der Waals surface area (Å²) in [5, 5.41) is 10.7. The fourth-order valence-corrected chi connectivity index (χ4v) is 3.77. The molecule has 0 saturated carbocycles. The molecule has 0 atom stereocenters. The van der Waals surface area contributed by atoms with Crippen LogP contribution in [0, 0.1) is 0 Å². The van der Waals surface area contributed by atoms with Crippen LogP contribution in [0.1, 0.15) is 11.7 Å². The first-order chi connectivity index (χ1) is 14.0. The van der Waals surface area contributed by atoms with E-state index >= 15 is 0 Å². The number of aromatic nitrogens is 3. The van der Waals surface area contributed by atoms with E-state index in [1.165, 1.54) is 11.5 Å². The van der Waals surface area contributed by atoms with Gasteiger partial charge in [0.1, 0.15) is 0 Å². The predicted molar refractivity (Wildman–Crippen MR) is 111 cm³/mol. The van der Waals surface area contributed by atoms with E-state index in [1.807, 2.05) is 12.1 Å². The Morgan fingerprint density at radius 3 is 2.28 bits per heavy atom. The number of hydrogen-bond acceptors (Lipinski definition) is 6. The molecule has 2 aromatic heterocycles. The highest BCUT2D eigenvalue weighted by Gasteiger charge is 2.20. The van der Waals surface area contributed by atoms with Crippen molar-refractivity contribution in [3.8, 4) is 28.5 Å². The molecule has 148 valence electrons. The first kappa shape index (κ1) is 19.0. The molecule has 0 radical (unpaired) electrons. The van der Waals surface area contributed by atoms with E-state index in [-0.39, 0.29) is 5.91 Å². The molecule has 8 heteroatoms. The summed E-state index contributed by atoms with van der Waals surface area (Å²) in [6.07, 6.45) is 0. The molecule has 0 amide bonds. The first-order valence-corrected chi connectivity index (χ1v) is 9.15. The fourth-order valence-electron chi connectivity index (χ4n) is 3.50. The van der Waals surface area contributed by atoms with E-state index in [0.29, 0.717) is 39.1 Å². The second-order valence-electron chi connectivity index (χ2n) is 6.37. The topological polar surface area (TPSA) is 75.5 Å². The van der Waals surface area contributed by atoms with E-state index in [2.05, 4.69) is 10.2 Å². The standard InChI is InChI=1S/C21H18ClN3O4/c1-11(26)25-16-7-5-6-14(22)19(16)13-10-15(23-24-21(13)25)12-8-17(27-2)20(29-4)18(9-12)28-3/h5-10H,1-4H3. The van der Waals surface area contributed by atoms with Gasteiger partial charge in [-0.25, -0.2) is 0 Å². The number of methoxy groups -OCH3 is 3. The number of hydrogen-bond donors (Lipinski definition) is 0. The van der Waals surface area contributed by atoms with Crippen LogP contribution in [0.25, 0.3) is 33.2 Å². The van der Waals surface area contributed by atoms with Gasteiger partial charge in [-0.05, 0) is 30.3 Å². The van der Waals surface area contributed by atoms with Gasteiger partial charge < -0.3 is 14.2 Å². The van der Waals surface area contributed by atoms with Crippen molar-refractivity contribution in [3.63, 3.8) is 0 Å². The van der Waals surface area contributed by atoms with Crippen molar-refractivity contribution < 1.29 is 19.0 Å². The van der Waals surface area contributed by atoms with Crippen molar-refractivity contribution in [2.24, 2.45) is 0 Å². The minimum absolute atomic E-state index is 0.165. The van der Waals surface area contributed by atoms with Gasteiger partial charge in [-0.1, -0.05) is 17.7 Å². The lowest BCUT2D eigenvalue weighted by molar-refractivity contribution is 0.0945. The predicted octanol–water partition coefficient (Wildman–Crippen LogP) is 4.59. The van der Waals surface area contributed by atoms with Crippen molar-refractivity contribution in [3.05, 3.63) is 41.4 Å². The molecule has 29 heavy (non-hydrogen) atoms. The lowest BCUT2D eigenvalue weighted by Gasteiger charge is -2.13. The maximum atomic E-state index is 12.2. The first-order valence-electron chi connectivity index (χ1n) is 8.77. The Hall–Kier alpha value is -3.32. The maximum absolute atomic E-state index is 12.2.